The summed E-state index contributed by atoms with van der Waals surface area (Å²) in [7, 11) is 0. The first-order valence-corrected chi connectivity index (χ1v) is 8.15. The molecular weight excluding hydrogens is 426 g/mol. The number of hydrogen-bond donors (Lipinski definition) is 0. The van der Waals surface area contributed by atoms with E-state index in [9.17, 15) is 17.6 Å². The molecule has 1 heterocycles. The molecule has 29 heavy (non-hydrogen) atoms. The maximum Gasteiger partial charge on any atom is 0.151 e. The molecule has 0 amide bonds. The third-order valence-electron chi connectivity index (χ3n) is 3.46. The Hall–Kier alpha value is -2.83. The van der Waals surface area contributed by atoms with Gasteiger partial charge in [0, 0.05) is 40.7 Å². The fourth-order valence-corrected chi connectivity index (χ4v) is 2.11. The molecule has 2 aromatic carbocycles. The van der Waals surface area contributed by atoms with E-state index < -0.39 is 23.3 Å². The topological polar surface area (TPSA) is 37.6 Å². The molecule has 0 saturated carbocycles. The van der Waals surface area contributed by atoms with Crippen molar-refractivity contribution in [3.63, 3.8) is 0 Å². The Morgan fingerprint density at radius 3 is 1.79 bits per heavy atom. The Labute approximate surface area is 176 Å². The largest absolute Gasteiger partial charge is 0.452 e. The zero-order valence-electron chi connectivity index (χ0n) is 15.5. The molecule has 0 atom stereocenters. The van der Waals surface area contributed by atoms with E-state index in [1.54, 1.807) is 31.5 Å². The van der Waals surface area contributed by atoms with Crippen LogP contribution in [0.2, 0.25) is 0 Å². The maximum atomic E-state index is 13.4. The van der Waals surface area contributed by atoms with Gasteiger partial charge in [0.2, 0.25) is 0 Å². The molecule has 152 valence electrons. The fraction of sp³-hybridized carbons (Fsp3) is 0.0952. The smallest absolute Gasteiger partial charge is 0.151 e. The molecule has 8 heteroatoms. The summed E-state index contributed by atoms with van der Waals surface area (Å²) in [5, 5.41) is 0. The monoisotopic (exact) mass is 442 g/mol. The molecule has 0 aliphatic rings. The minimum Gasteiger partial charge on any atom is -0.452 e. The number of pyridine rings is 1. The van der Waals surface area contributed by atoms with Gasteiger partial charge in [-0.15, -0.1) is 6.92 Å². The first-order valence-electron chi connectivity index (χ1n) is 8.15. The number of aromatic nitrogens is 1. The normalized spacial score (nSPS) is 10.9. The average Bonchev–Trinajstić information content (AvgIpc) is 2.69. The van der Waals surface area contributed by atoms with E-state index >= 15 is 0 Å². The molecule has 0 unspecified atom stereocenters. The van der Waals surface area contributed by atoms with Crippen molar-refractivity contribution in [3.05, 3.63) is 89.8 Å². The van der Waals surface area contributed by atoms with Crippen molar-refractivity contribution in [3.8, 4) is 0 Å². The van der Waals surface area contributed by atoms with Crippen molar-refractivity contribution in [2.75, 3.05) is 0 Å². The van der Waals surface area contributed by atoms with E-state index in [2.05, 4.69) is 21.2 Å². The van der Waals surface area contributed by atoms with Crippen LogP contribution in [0.4, 0.5) is 28.9 Å². The average molecular weight is 442 g/mol. The van der Waals surface area contributed by atoms with Crippen LogP contribution in [0.15, 0.2) is 70.9 Å². The van der Waals surface area contributed by atoms with Crippen LogP contribution in [0.1, 0.15) is 19.4 Å². The number of rotatable bonds is 3. The quantitative estimate of drug-likeness (QED) is 0.210. The van der Waals surface area contributed by atoms with Crippen LogP contribution in [-0.4, -0.2) is 16.9 Å². The molecule has 0 aliphatic heterocycles. The van der Waals surface area contributed by atoms with Crippen molar-refractivity contribution in [2.24, 2.45) is 9.98 Å². The van der Waals surface area contributed by atoms with E-state index in [0.717, 1.165) is 17.7 Å². The minimum absolute atomic E-state index is 0. The molecule has 0 radical (unpaired) electrons. The van der Waals surface area contributed by atoms with E-state index in [0.29, 0.717) is 5.71 Å². The van der Waals surface area contributed by atoms with Gasteiger partial charge in [-0.3, -0.25) is 4.98 Å². The number of aliphatic imine (C=N–C) groups is 2. The summed E-state index contributed by atoms with van der Waals surface area (Å²) in [6, 6.07) is 10.8. The zero-order valence-corrected chi connectivity index (χ0v) is 16.6. The van der Waals surface area contributed by atoms with E-state index in [1.807, 2.05) is 0 Å². The van der Waals surface area contributed by atoms with Crippen LogP contribution in [0.25, 0.3) is 0 Å². The number of hydrogen-bond acceptors (Lipinski definition) is 3. The molecule has 1 aromatic heterocycles. The Kier molecular flexibility index (Phi) is 9.92. The van der Waals surface area contributed by atoms with E-state index in [1.165, 1.54) is 31.2 Å². The molecule has 3 aromatic rings. The third kappa shape index (κ3) is 6.93. The maximum absolute atomic E-state index is 13.4. The Balaban J connectivity index is 0.000000306. The predicted octanol–water partition coefficient (Wildman–Crippen LogP) is 6.06. The summed E-state index contributed by atoms with van der Waals surface area (Å²) >= 11 is 0. The van der Waals surface area contributed by atoms with Crippen molar-refractivity contribution in [1.29, 1.82) is 0 Å². The molecule has 0 saturated heterocycles. The van der Waals surface area contributed by atoms with Gasteiger partial charge in [0.25, 0.3) is 0 Å². The number of para-hydroxylation sites is 2. The van der Waals surface area contributed by atoms with E-state index in [-0.39, 0.29) is 28.4 Å². The minimum atomic E-state index is -0.673. The molecule has 0 N–H and O–H groups in total. The molecule has 0 bridgehead atoms. The van der Waals surface area contributed by atoms with Gasteiger partial charge >= 0.3 is 0 Å². The second-order valence-corrected chi connectivity index (χ2v) is 5.41. The Morgan fingerprint density at radius 1 is 0.828 bits per heavy atom. The number of benzene rings is 2. The van der Waals surface area contributed by atoms with Crippen LogP contribution in [0, 0.1) is 23.3 Å². The Bertz CT molecular complexity index is 952. The van der Waals surface area contributed by atoms with E-state index in [4.69, 9.17) is 0 Å². The number of nitrogens with zero attached hydrogens (tertiary/aromatic N) is 3. The first-order chi connectivity index (χ1) is 13.4. The summed E-state index contributed by atoms with van der Waals surface area (Å²) in [4.78, 5) is 11.3. The molecule has 0 fully saturated rings. The van der Waals surface area contributed by atoms with Gasteiger partial charge in [-0.05, 0) is 42.9 Å². The summed E-state index contributed by atoms with van der Waals surface area (Å²) in [6.07, 6.45) is 5.53. The second-order valence-electron chi connectivity index (χ2n) is 5.41. The van der Waals surface area contributed by atoms with Gasteiger partial charge in [-0.2, -0.15) is 6.21 Å². The van der Waals surface area contributed by atoms with Crippen molar-refractivity contribution in [1.82, 2.24) is 4.98 Å². The SMILES string of the molecule is CC(=Nc1c(F)cccc1F)c1cccnc1.C[C-]=Nc1c(F)cccc1F.[Fe]. The fourth-order valence-electron chi connectivity index (χ4n) is 2.11. The first kappa shape index (κ1) is 24.2. The van der Waals surface area contributed by atoms with Gasteiger partial charge in [-0.25, -0.2) is 22.6 Å². The molecule has 3 nitrogen and oxygen atoms in total. The van der Waals surface area contributed by atoms with Crippen molar-refractivity contribution < 1.29 is 34.6 Å². The van der Waals surface area contributed by atoms with Crippen LogP contribution < -0.4 is 0 Å². The van der Waals surface area contributed by atoms with Crippen LogP contribution in [0.3, 0.4) is 0 Å². The van der Waals surface area contributed by atoms with Gasteiger partial charge in [0.05, 0.1) is 11.6 Å². The van der Waals surface area contributed by atoms with Gasteiger partial charge in [0.1, 0.15) is 5.69 Å². The third-order valence-corrected chi connectivity index (χ3v) is 3.46. The number of halogens is 4. The van der Waals surface area contributed by atoms with Gasteiger partial charge in [-0.1, -0.05) is 18.2 Å². The predicted molar refractivity (Wildman–Crippen MR) is 102 cm³/mol. The molecule has 3 rings (SSSR count). The summed E-state index contributed by atoms with van der Waals surface area (Å²) < 4.78 is 52.1. The van der Waals surface area contributed by atoms with Crippen LogP contribution in [-0.2, 0) is 17.1 Å². The van der Waals surface area contributed by atoms with Crippen LogP contribution in [0.5, 0.6) is 0 Å². The standard InChI is InChI=1S/C13H10F2N2.C8H6F2N.Fe/c1-9(10-4-3-7-16-8-10)17-13-11(14)5-2-6-12(13)15;1-2-11-8-6(9)4-3-5-7(8)10;/h2-8H,1H3;3-5H,1H3;/q;-1;. The van der Waals surface area contributed by atoms with Gasteiger partial charge < -0.3 is 4.99 Å². The summed E-state index contributed by atoms with van der Waals surface area (Å²) in [5.74, 6) is -2.68. The second kappa shape index (κ2) is 11.9. The molecule has 0 aliphatic carbocycles. The molecular formula is C21H16F4FeN3-. The summed E-state index contributed by atoms with van der Waals surface area (Å²) in [5.41, 5.74) is 0.695. The summed E-state index contributed by atoms with van der Waals surface area (Å²) in [6.45, 7) is 3.16. The van der Waals surface area contributed by atoms with Crippen LogP contribution >= 0.6 is 0 Å². The van der Waals surface area contributed by atoms with Gasteiger partial charge in [0.15, 0.2) is 11.6 Å². The zero-order chi connectivity index (χ0) is 20.5. The Morgan fingerprint density at radius 2 is 1.34 bits per heavy atom. The van der Waals surface area contributed by atoms with Crippen molar-refractivity contribution in [2.45, 2.75) is 13.8 Å². The van der Waals surface area contributed by atoms with Crippen molar-refractivity contribution >= 4 is 23.3 Å². The molecule has 0 spiro atoms.